The standard InChI is InChI=1S/C13H23NO2/c14-9-13(12(15)16,8-11-5-6-11)7-10-3-1-2-4-10/h10-11H,1-9,14H2,(H,15,16). The highest BCUT2D eigenvalue weighted by atomic mass is 16.4. The van der Waals surface area contributed by atoms with Gasteiger partial charge in [0.15, 0.2) is 0 Å². The van der Waals surface area contributed by atoms with E-state index in [0.29, 0.717) is 18.4 Å². The van der Waals surface area contributed by atoms with E-state index in [1.54, 1.807) is 0 Å². The van der Waals surface area contributed by atoms with Gasteiger partial charge in [-0.25, -0.2) is 0 Å². The Balaban J connectivity index is 2.00. The molecule has 1 atom stereocenters. The lowest BCUT2D eigenvalue weighted by atomic mass is 9.74. The van der Waals surface area contributed by atoms with Crippen molar-refractivity contribution in [2.24, 2.45) is 23.0 Å². The minimum Gasteiger partial charge on any atom is -0.481 e. The van der Waals surface area contributed by atoms with Gasteiger partial charge in [0.05, 0.1) is 5.41 Å². The number of nitrogens with two attached hydrogens (primary N) is 1. The van der Waals surface area contributed by atoms with Gasteiger partial charge in [-0.1, -0.05) is 38.5 Å². The van der Waals surface area contributed by atoms with E-state index in [1.165, 1.54) is 38.5 Å². The summed E-state index contributed by atoms with van der Waals surface area (Å²) in [7, 11) is 0. The molecule has 0 aromatic carbocycles. The van der Waals surface area contributed by atoms with E-state index in [-0.39, 0.29) is 0 Å². The van der Waals surface area contributed by atoms with E-state index in [1.807, 2.05) is 0 Å². The van der Waals surface area contributed by atoms with Gasteiger partial charge >= 0.3 is 5.97 Å². The molecule has 0 aromatic heterocycles. The van der Waals surface area contributed by atoms with Gasteiger partial charge < -0.3 is 10.8 Å². The van der Waals surface area contributed by atoms with Crippen molar-refractivity contribution in [1.29, 1.82) is 0 Å². The first kappa shape index (κ1) is 11.9. The molecule has 0 bridgehead atoms. The monoisotopic (exact) mass is 225 g/mol. The zero-order valence-corrected chi connectivity index (χ0v) is 9.95. The molecule has 3 heteroatoms. The molecule has 0 radical (unpaired) electrons. The highest BCUT2D eigenvalue weighted by Crippen LogP contribution is 2.45. The average molecular weight is 225 g/mol. The first-order valence-electron chi connectivity index (χ1n) is 6.60. The van der Waals surface area contributed by atoms with Crippen molar-refractivity contribution >= 4 is 5.97 Å². The fourth-order valence-corrected chi connectivity index (χ4v) is 3.15. The Hall–Kier alpha value is -0.570. The van der Waals surface area contributed by atoms with Crippen molar-refractivity contribution in [1.82, 2.24) is 0 Å². The third-order valence-electron chi connectivity index (χ3n) is 4.37. The van der Waals surface area contributed by atoms with Crippen LogP contribution >= 0.6 is 0 Å². The van der Waals surface area contributed by atoms with Gasteiger partial charge in [-0.2, -0.15) is 0 Å². The molecule has 0 spiro atoms. The van der Waals surface area contributed by atoms with Gasteiger partial charge in [0, 0.05) is 6.54 Å². The van der Waals surface area contributed by atoms with Gasteiger partial charge in [-0.05, 0) is 24.7 Å². The van der Waals surface area contributed by atoms with Crippen molar-refractivity contribution in [3.63, 3.8) is 0 Å². The van der Waals surface area contributed by atoms with Crippen molar-refractivity contribution in [2.45, 2.75) is 51.4 Å². The predicted octanol–water partition coefficient (Wildman–Crippen LogP) is 2.40. The normalized spacial score (nSPS) is 25.6. The van der Waals surface area contributed by atoms with Crippen LogP contribution in [0.25, 0.3) is 0 Å². The van der Waals surface area contributed by atoms with Gasteiger partial charge in [-0.3, -0.25) is 4.79 Å². The van der Waals surface area contributed by atoms with E-state index in [4.69, 9.17) is 5.73 Å². The molecule has 0 saturated heterocycles. The van der Waals surface area contributed by atoms with E-state index in [9.17, 15) is 9.90 Å². The van der Waals surface area contributed by atoms with Crippen LogP contribution in [-0.2, 0) is 4.79 Å². The molecule has 92 valence electrons. The molecule has 16 heavy (non-hydrogen) atoms. The Bertz CT molecular complexity index is 257. The summed E-state index contributed by atoms with van der Waals surface area (Å²) in [4.78, 5) is 11.5. The topological polar surface area (TPSA) is 63.3 Å². The molecule has 2 rings (SSSR count). The van der Waals surface area contributed by atoms with Gasteiger partial charge in [-0.15, -0.1) is 0 Å². The third-order valence-corrected chi connectivity index (χ3v) is 4.37. The van der Waals surface area contributed by atoms with E-state index in [2.05, 4.69) is 0 Å². The molecule has 2 aliphatic rings. The average Bonchev–Trinajstić information content (AvgIpc) is 2.91. The van der Waals surface area contributed by atoms with Crippen LogP contribution in [0.3, 0.4) is 0 Å². The van der Waals surface area contributed by atoms with Gasteiger partial charge in [0.25, 0.3) is 0 Å². The highest BCUT2D eigenvalue weighted by Gasteiger charge is 2.43. The Morgan fingerprint density at radius 3 is 2.00 bits per heavy atom. The van der Waals surface area contributed by atoms with E-state index >= 15 is 0 Å². The van der Waals surface area contributed by atoms with Crippen LogP contribution in [0.15, 0.2) is 0 Å². The van der Waals surface area contributed by atoms with Crippen LogP contribution < -0.4 is 5.73 Å². The molecule has 0 aliphatic heterocycles. The van der Waals surface area contributed by atoms with E-state index < -0.39 is 11.4 Å². The summed E-state index contributed by atoms with van der Waals surface area (Å²) >= 11 is 0. The van der Waals surface area contributed by atoms with Gasteiger partial charge in [0.1, 0.15) is 0 Å². The maximum Gasteiger partial charge on any atom is 0.310 e. The number of carbonyl (C=O) groups is 1. The fraction of sp³-hybridized carbons (Fsp3) is 0.923. The maximum atomic E-state index is 11.5. The zero-order valence-electron chi connectivity index (χ0n) is 9.95. The number of rotatable bonds is 6. The van der Waals surface area contributed by atoms with E-state index in [0.717, 1.165) is 12.8 Å². The molecule has 0 aromatic rings. The van der Waals surface area contributed by atoms with Crippen molar-refractivity contribution in [2.75, 3.05) is 6.54 Å². The van der Waals surface area contributed by atoms with Crippen LogP contribution in [0.5, 0.6) is 0 Å². The number of hydrogen-bond acceptors (Lipinski definition) is 2. The Labute approximate surface area is 97.4 Å². The number of hydrogen-bond donors (Lipinski definition) is 2. The SMILES string of the molecule is NCC(CC1CCCC1)(CC1CC1)C(=O)O. The molecule has 2 aliphatic carbocycles. The molecule has 0 amide bonds. The lowest BCUT2D eigenvalue weighted by molar-refractivity contribution is -0.150. The quantitative estimate of drug-likeness (QED) is 0.729. The molecule has 2 fully saturated rings. The molecular weight excluding hydrogens is 202 g/mol. The Morgan fingerprint density at radius 2 is 1.62 bits per heavy atom. The zero-order chi connectivity index (χ0) is 11.6. The second-order valence-corrected chi connectivity index (χ2v) is 5.79. The fourth-order valence-electron chi connectivity index (χ4n) is 3.15. The Kier molecular flexibility index (Phi) is 3.53. The smallest absolute Gasteiger partial charge is 0.310 e. The number of carboxylic acids is 1. The summed E-state index contributed by atoms with van der Waals surface area (Å²) in [6.45, 7) is 0.315. The number of carboxylic acid groups (broad SMARTS) is 1. The maximum absolute atomic E-state index is 11.5. The summed E-state index contributed by atoms with van der Waals surface area (Å²) < 4.78 is 0. The first-order valence-corrected chi connectivity index (χ1v) is 6.60. The molecule has 3 nitrogen and oxygen atoms in total. The third kappa shape index (κ3) is 2.57. The molecular formula is C13H23NO2. The van der Waals surface area contributed by atoms with Crippen molar-refractivity contribution in [3.05, 3.63) is 0 Å². The van der Waals surface area contributed by atoms with Crippen LogP contribution in [0.2, 0.25) is 0 Å². The second-order valence-electron chi connectivity index (χ2n) is 5.79. The lowest BCUT2D eigenvalue weighted by Crippen LogP contribution is -2.40. The van der Waals surface area contributed by atoms with Gasteiger partial charge in [0.2, 0.25) is 0 Å². The summed E-state index contributed by atoms with van der Waals surface area (Å²) in [5, 5.41) is 9.48. The minimum absolute atomic E-state index is 0.315. The molecule has 0 heterocycles. The predicted molar refractivity (Wildman–Crippen MR) is 63.0 cm³/mol. The minimum atomic E-state index is -0.659. The summed E-state index contributed by atoms with van der Waals surface area (Å²) in [6.07, 6.45) is 9.01. The van der Waals surface area contributed by atoms with Crippen LogP contribution in [0.1, 0.15) is 51.4 Å². The first-order chi connectivity index (χ1) is 7.66. The highest BCUT2D eigenvalue weighted by molar-refractivity contribution is 5.75. The summed E-state index contributed by atoms with van der Waals surface area (Å²) in [6, 6.07) is 0. The van der Waals surface area contributed by atoms with Crippen LogP contribution in [-0.4, -0.2) is 17.6 Å². The van der Waals surface area contributed by atoms with Crippen LogP contribution in [0, 0.1) is 17.3 Å². The van der Waals surface area contributed by atoms with Crippen LogP contribution in [0.4, 0.5) is 0 Å². The number of aliphatic carboxylic acids is 1. The lowest BCUT2D eigenvalue weighted by Gasteiger charge is -2.30. The molecule has 1 unspecified atom stereocenters. The molecule has 2 saturated carbocycles. The second kappa shape index (κ2) is 4.74. The summed E-state index contributed by atoms with van der Waals surface area (Å²) in [5.74, 6) is 0.591. The summed E-state index contributed by atoms with van der Waals surface area (Å²) in [5.41, 5.74) is 5.17. The molecule has 3 N–H and O–H groups in total. The van der Waals surface area contributed by atoms with Crippen molar-refractivity contribution in [3.8, 4) is 0 Å². The van der Waals surface area contributed by atoms with Crippen molar-refractivity contribution < 1.29 is 9.90 Å². The Morgan fingerprint density at radius 1 is 1.12 bits per heavy atom. The largest absolute Gasteiger partial charge is 0.481 e.